The van der Waals surface area contributed by atoms with Gasteiger partial charge in [-0.15, -0.1) is 0 Å². The van der Waals surface area contributed by atoms with Crippen LogP contribution in [0.3, 0.4) is 0 Å². The second-order valence-electron chi connectivity index (χ2n) is 9.32. The molecule has 0 bridgehead atoms. The van der Waals surface area contributed by atoms with Crippen LogP contribution in [0.2, 0.25) is 5.04 Å². The molecule has 1 atom stereocenters. The highest BCUT2D eigenvalue weighted by Crippen LogP contribution is 2.36. The molecule has 0 aliphatic heterocycles. The number of ether oxygens (including phenoxy) is 3. The van der Waals surface area contributed by atoms with Crippen molar-refractivity contribution in [2.24, 2.45) is 0 Å². The number of carbonyl (C=O) groups is 1. The van der Waals surface area contributed by atoms with Crippen molar-refractivity contribution in [3.05, 3.63) is 60.7 Å². The van der Waals surface area contributed by atoms with Crippen LogP contribution in [0.15, 0.2) is 60.7 Å². The summed E-state index contributed by atoms with van der Waals surface area (Å²) in [4.78, 5) is 11.4. The van der Waals surface area contributed by atoms with Crippen molar-refractivity contribution in [1.29, 1.82) is 0 Å². The van der Waals surface area contributed by atoms with Gasteiger partial charge in [0.15, 0.2) is 0 Å². The Morgan fingerprint density at radius 2 is 1.45 bits per heavy atom. The largest absolute Gasteiger partial charge is 0.469 e. The molecule has 33 heavy (non-hydrogen) atoms. The van der Waals surface area contributed by atoms with E-state index in [4.69, 9.17) is 18.6 Å². The molecular weight excluding hydrogens is 432 g/mol. The Labute approximate surface area is 200 Å². The Hall–Kier alpha value is -1.99. The predicted octanol–water partition coefficient (Wildman–Crippen LogP) is 4.68. The first-order valence-corrected chi connectivity index (χ1v) is 13.7. The fourth-order valence-electron chi connectivity index (χ4n) is 4.32. The van der Waals surface area contributed by atoms with Crippen molar-refractivity contribution in [2.75, 3.05) is 27.6 Å². The van der Waals surface area contributed by atoms with Crippen molar-refractivity contribution in [3.63, 3.8) is 0 Å². The smallest absolute Gasteiger partial charge is 0.305 e. The second-order valence-corrected chi connectivity index (χ2v) is 13.6. The van der Waals surface area contributed by atoms with Gasteiger partial charge in [-0.2, -0.15) is 0 Å². The molecule has 0 unspecified atom stereocenters. The second kappa shape index (κ2) is 13.7. The van der Waals surface area contributed by atoms with Gasteiger partial charge in [0.2, 0.25) is 0 Å². The molecule has 0 saturated carbocycles. The van der Waals surface area contributed by atoms with Crippen molar-refractivity contribution < 1.29 is 23.4 Å². The molecule has 0 fully saturated rings. The highest BCUT2D eigenvalue weighted by Gasteiger charge is 2.50. The van der Waals surface area contributed by atoms with Crippen LogP contribution in [0.4, 0.5) is 0 Å². The van der Waals surface area contributed by atoms with Gasteiger partial charge in [0.1, 0.15) is 6.79 Å². The third-order valence-electron chi connectivity index (χ3n) is 5.98. The van der Waals surface area contributed by atoms with Gasteiger partial charge in [-0.25, -0.2) is 0 Å². The van der Waals surface area contributed by atoms with Crippen LogP contribution in [0.5, 0.6) is 0 Å². The predicted molar refractivity (Wildman–Crippen MR) is 135 cm³/mol. The minimum atomic E-state index is -2.55. The topological polar surface area (TPSA) is 54.0 Å². The molecule has 5 nitrogen and oxygen atoms in total. The molecule has 0 spiro atoms. The van der Waals surface area contributed by atoms with E-state index in [2.05, 4.69) is 81.4 Å². The molecule has 0 aliphatic carbocycles. The number of unbranched alkanes of at least 4 members (excludes halogenated alkanes) is 1. The Morgan fingerprint density at radius 3 is 1.94 bits per heavy atom. The van der Waals surface area contributed by atoms with E-state index in [1.807, 2.05) is 0 Å². The van der Waals surface area contributed by atoms with Gasteiger partial charge in [-0.05, 0) is 34.7 Å². The summed E-state index contributed by atoms with van der Waals surface area (Å²) in [7, 11) is 0.504. The normalized spacial score (nSPS) is 13.0. The van der Waals surface area contributed by atoms with Gasteiger partial charge in [0, 0.05) is 20.1 Å². The molecule has 2 aromatic carbocycles. The molecule has 182 valence electrons. The van der Waals surface area contributed by atoms with Crippen LogP contribution in [0, 0.1) is 0 Å². The summed E-state index contributed by atoms with van der Waals surface area (Å²) >= 11 is 0. The third kappa shape index (κ3) is 7.78. The van der Waals surface area contributed by atoms with Gasteiger partial charge in [0.05, 0.1) is 13.2 Å². The molecule has 0 N–H and O–H groups in total. The summed E-state index contributed by atoms with van der Waals surface area (Å²) < 4.78 is 22.8. The molecule has 0 aromatic heterocycles. The standard InChI is InChI=1S/C27H40O5Si/c1-27(2,3)33(24-15-8-6-9-16-24,25-17-10-7-11-18-25)32-21-20-23(31-22-29-4)14-12-13-19-26(28)30-5/h6-11,15-18,23H,12-14,19-22H2,1-5H3/t23-/m0/s1. The van der Waals surface area contributed by atoms with Crippen molar-refractivity contribution in [3.8, 4) is 0 Å². The number of benzene rings is 2. The summed E-state index contributed by atoms with van der Waals surface area (Å²) in [5.41, 5.74) is 0. The van der Waals surface area contributed by atoms with Crippen LogP contribution >= 0.6 is 0 Å². The van der Waals surface area contributed by atoms with Crippen LogP contribution in [0.1, 0.15) is 52.9 Å². The average Bonchev–Trinajstić information content (AvgIpc) is 2.82. The summed E-state index contributed by atoms with van der Waals surface area (Å²) in [5.74, 6) is -0.167. The maximum atomic E-state index is 11.4. The van der Waals surface area contributed by atoms with Gasteiger partial charge in [0.25, 0.3) is 8.32 Å². The third-order valence-corrected chi connectivity index (χ3v) is 11.0. The average molecular weight is 473 g/mol. The zero-order valence-corrected chi connectivity index (χ0v) is 21.8. The van der Waals surface area contributed by atoms with Crippen LogP contribution in [-0.2, 0) is 23.4 Å². The minimum absolute atomic E-state index is 0.0146. The molecule has 2 aromatic rings. The van der Waals surface area contributed by atoms with E-state index < -0.39 is 8.32 Å². The van der Waals surface area contributed by atoms with E-state index in [1.54, 1.807) is 7.11 Å². The van der Waals surface area contributed by atoms with Gasteiger partial charge in [-0.3, -0.25) is 4.79 Å². The number of carbonyl (C=O) groups excluding carboxylic acids is 1. The Bertz CT molecular complexity index is 765. The maximum Gasteiger partial charge on any atom is 0.305 e. The lowest BCUT2D eigenvalue weighted by Gasteiger charge is -2.43. The fourth-order valence-corrected chi connectivity index (χ4v) is 8.90. The van der Waals surface area contributed by atoms with E-state index >= 15 is 0 Å². The lowest BCUT2D eigenvalue weighted by atomic mass is 10.1. The number of hydrogen-bond acceptors (Lipinski definition) is 5. The number of esters is 1. The quantitative estimate of drug-likeness (QED) is 0.173. The first kappa shape index (κ1) is 27.3. The lowest BCUT2D eigenvalue weighted by molar-refractivity contribution is -0.140. The van der Waals surface area contributed by atoms with E-state index in [1.165, 1.54) is 17.5 Å². The van der Waals surface area contributed by atoms with E-state index in [9.17, 15) is 4.79 Å². The minimum Gasteiger partial charge on any atom is -0.469 e. The first-order chi connectivity index (χ1) is 15.8. The number of hydrogen-bond donors (Lipinski definition) is 0. The van der Waals surface area contributed by atoms with E-state index in [-0.39, 0.29) is 23.9 Å². The highest BCUT2D eigenvalue weighted by molar-refractivity contribution is 6.99. The van der Waals surface area contributed by atoms with Crippen LogP contribution in [0.25, 0.3) is 0 Å². The molecule has 6 heteroatoms. The monoisotopic (exact) mass is 472 g/mol. The zero-order chi connectivity index (χ0) is 24.2. The summed E-state index contributed by atoms with van der Waals surface area (Å²) in [6.07, 6.45) is 3.75. The SMILES string of the molecule is COCO[C@@H](CCCCC(=O)OC)CCO[Si](c1ccccc1)(c1ccccc1)C(C)(C)C. The Morgan fingerprint density at radius 1 is 0.879 bits per heavy atom. The summed E-state index contributed by atoms with van der Waals surface area (Å²) in [6.45, 7) is 7.69. The van der Waals surface area contributed by atoms with E-state index in [0.717, 1.165) is 25.7 Å². The highest BCUT2D eigenvalue weighted by atomic mass is 28.4. The summed E-state index contributed by atoms with van der Waals surface area (Å²) in [6, 6.07) is 21.3. The molecular formula is C27H40O5Si. The lowest BCUT2D eigenvalue weighted by Crippen LogP contribution is -2.66. The van der Waals surface area contributed by atoms with Crippen molar-refractivity contribution >= 4 is 24.7 Å². The molecule has 2 rings (SSSR count). The van der Waals surface area contributed by atoms with Crippen molar-refractivity contribution in [1.82, 2.24) is 0 Å². The maximum absolute atomic E-state index is 11.4. The summed E-state index contributed by atoms with van der Waals surface area (Å²) in [5, 5.41) is 2.49. The number of rotatable bonds is 14. The Balaban J connectivity index is 2.17. The first-order valence-electron chi connectivity index (χ1n) is 11.8. The zero-order valence-electron chi connectivity index (χ0n) is 20.8. The molecule has 0 amide bonds. The Kier molecular flexibility index (Phi) is 11.3. The fraction of sp³-hybridized carbons (Fsp3) is 0.519. The van der Waals surface area contributed by atoms with Crippen LogP contribution < -0.4 is 10.4 Å². The van der Waals surface area contributed by atoms with E-state index in [0.29, 0.717) is 13.0 Å². The van der Waals surface area contributed by atoms with Crippen LogP contribution in [-0.4, -0.2) is 48.0 Å². The molecule has 0 heterocycles. The number of methoxy groups -OCH3 is 2. The molecule has 0 radical (unpaired) electrons. The molecule has 0 aliphatic rings. The molecule has 0 saturated heterocycles. The van der Waals surface area contributed by atoms with Gasteiger partial charge in [-0.1, -0.05) is 87.9 Å². The van der Waals surface area contributed by atoms with Crippen molar-refractivity contribution in [2.45, 2.75) is 64.0 Å². The van der Waals surface area contributed by atoms with Gasteiger partial charge >= 0.3 is 5.97 Å². The van der Waals surface area contributed by atoms with Gasteiger partial charge < -0.3 is 18.6 Å².